The van der Waals surface area contributed by atoms with E-state index in [2.05, 4.69) is 42.5 Å². The Morgan fingerprint density at radius 3 is 2.65 bits per heavy atom. The summed E-state index contributed by atoms with van der Waals surface area (Å²) in [6, 6.07) is 16.9. The third-order valence-corrected chi connectivity index (χ3v) is 3.60. The summed E-state index contributed by atoms with van der Waals surface area (Å²) in [5.41, 5.74) is 5.05. The zero-order chi connectivity index (χ0) is 11.2. The monoisotopic (exact) mass is 220 g/mol. The first kappa shape index (κ1) is 9.06. The number of rotatable bonds is 0. The van der Waals surface area contributed by atoms with E-state index in [9.17, 15) is 0 Å². The molecule has 0 atom stereocenters. The molecule has 1 heteroatoms. The Kier molecular flexibility index (Phi) is 1.72. The fraction of sp³-hybridized carbons (Fsp3) is 0.125. The molecule has 1 aliphatic rings. The largest absolute Gasteiger partial charge is 0.456 e. The molecule has 0 aliphatic heterocycles. The van der Waals surface area contributed by atoms with Gasteiger partial charge in [-0.2, -0.15) is 0 Å². The molecule has 1 aliphatic carbocycles. The molecular weight excluding hydrogens is 208 g/mol. The normalized spacial score (nSPS) is 13.4. The minimum Gasteiger partial charge on any atom is -0.456 e. The number of para-hydroxylation sites is 1. The zero-order valence-electron chi connectivity index (χ0n) is 9.44. The number of fused-ring (bicyclic) bond motifs is 5. The van der Waals surface area contributed by atoms with Gasteiger partial charge in [0.05, 0.1) is 0 Å². The van der Waals surface area contributed by atoms with Crippen LogP contribution in [0.5, 0.6) is 0 Å². The zero-order valence-corrected chi connectivity index (χ0v) is 9.44. The van der Waals surface area contributed by atoms with E-state index in [0.717, 1.165) is 24.2 Å². The van der Waals surface area contributed by atoms with E-state index in [4.69, 9.17) is 4.42 Å². The van der Waals surface area contributed by atoms with Crippen molar-refractivity contribution in [2.75, 3.05) is 0 Å². The Hall–Kier alpha value is -2.02. The van der Waals surface area contributed by atoms with Gasteiger partial charge in [-0.15, -0.1) is 0 Å². The highest BCUT2D eigenvalue weighted by molar-refractivity contribution is 5.89. The van der Waals surface area contributed by atoms with Crippen molar-refractivity contribution in [1.29, 1.82) is 0 Å². The van der Waals surface area contributed by atoms with Gasteiger partial charge in [-0.3, -0.25) is 0 Å². The van der Waals surface area contributed by atoms with Crippen LogP contribution >= 0.6 is 0 Å². The molecule has 0 fully saturated rings. The van der Waals surface area contributed by atoms with Crippen LogP contribution in [-0.2, 0) is 12.8 Å². The molecule has 1 aromatic heterocycles. The van der Waals surface area contributed by atoms with Gasteiger partial charge >= 0.3 is 0 Å². The molecule has 1 nitrogen and oxygen atoms in total. The van der Waals surface area contributed by atoms with Crippen molar-refractivity contribution in [3.8, 4) is 11.3 Å². The summed E-state index contributed by atoms with van der Waals surface area (Å²) in [4.78, 5) is 0. The second kappa shape index (κ2) is 3.24. The van der Waals surface area contributed by atoms with E-state index in [0.29, 0.717) is 0 Å². The van der Waals surface area contributed by atoms with Crippen LogP contribution in [-0.4, -0.2) is 0 Å². The fourth-order valence-corrected chi connectivity index (χ4v) is 2.78. The fourth-order valence-electron chi connectivity index (χ4n) is 2.78. The molecule has 0 spiro atoms. The Labute approximate surface area is 99.7 Å². The van der Waals surface area contributed by atoms with Gasteiger partial charge in [-0.25, -0.2) is 0 Å². The molecule has 0 saturated heterocycles. The summed E-state index contributed by atoms with van der Waals surface area (Å²) in [7, 11) is 0. The van der Waals surface area contributed by atoms with Gasteiger partial charge in [-0.05, 0) is 24.5 Å². The predicted octanol–water partition coefficient (Wildman–Crippen LogP) is 4.20. The molecule has 3 aromatic rings. The summed E-state index contributed by atoms with van der Waals surface area (Å²) < 4.78 is 6.02. The van der Waals surface area contributed by atoms with Gasteiger partial charge in [0.2, 0.25) is 0 Å². The molecule has 1 heterocycles. The molecule has 0 amide bonds. The maximum atomic E-state index is 6.02. The summed E-state index contributed by atoms with van der Waals surface area (Å²) >= 11 is 0. The molecule has 82 valence electrons. The Morgan fingerprint density at radius 2 is 1.65 bits per heavy atom. The van der Waals surface area contributed by atoms with Gasteiger partial charge in [-0.1, -0.05) is 42.5 Å². The van der Waals surface area contributed by atoms with Gasteiger partial charge < -0.3 is 4.42 Å². The van der Waals surface area contributed by atoms with Crippen molar-refractivity contribution in [1.82, 2.24) is 0 Å². The number of hydrogen-bond acceptors (Lipinski definition) is 1. The van der Waals surface area contributed by atoms with Gasteiger partial charge in [0.15, 0.2) is 0 Å². The average Bonchev–Trinajstić information content (AvgIpc) is 2.78. The number of benzene rings is 2. The molecule has 0 unspecified atom stereocenters. The second-order valence-electron chi connectivity index (χ2n) is 4.56. The SMILES string of the molecule is c1ccc2c(c1)CCc1c-2oc2ccccc12. The van der Waals surface area contributed by atoms with Crippen molar-refractivity contribution >= 4 is 11.0 Å². The minimum absolute atomic E-state index is 1.01. The maximum Gasteiger partial charge on any atom is 0.138 e. The number of aryl methyl sites for hydroxylation is 2. The van der Waals surface area contributed by atoms with E-state index in [-0.39, 0.29) is 0 Å². The van der Waals surface area contributed by atoms with E-state index >= 15 is 0 Å². The lowest BCUT2D eigenvalue weighted by Crippen LogP contribution is -2.01. The lowest BCUT2D eigenvalue weighted by molar-refractivity contribution is 0.621. The van der Waals surface area contributed by atoms with Crippen LogP contribution in [0.15, 0.2) is 52.9 Å². The first-order valence-electron chi connectivity index (χ1n) is 6.02. The highest BCUT2D eigenvalue weighted by Gasteiger charge is 2.21. The van der Waals surface area contributed by atoms with Crippen LogP contribution in [0.1, 0.15) is 11.1 Å². The number of furan rings is 1. The first-order chi connectivity index (χ1) is 8.43. The van der Waals surface area contributed by atoms with E-state index in [1.54, 1.807) is 0 Å². The van der Waals surface area contributed by atoms with Crippen molar-refractivity contribution in [2.24, 2.45) is 0 Å². The van der Waals surface area contributed by atoms with E-state index < -0.39 is 0 Å². The van der Waals surface area contributed by atoms with Crippen molar-refractivity contribution < 1.29 is 4.42 Å². The Balaban J connectivity index is 2.10. The van der Waals surface area contributed by atoms with E-state index in [1.165, 1.54) is 22.1 Å². The quantitative estimate of drug-likeness (QED) is 0.553. The first-order valence-corrected chi connectivity index (χ1v) is 6.02. The summed E-state index contributed by atoms with van der Waals surface area (Å²) in [5.74, 6) is 1.08. The lowest BCUT2D eigenvalue weighted by atomic mass is 9.89. The topological polar surface area (TPSA) is 13.1 Å². The number of hydrogen-bond donors (Lipinski definition) is 0. The molecular formula is C16H12O. The summed E-state index contributed by atoms with van der Waals surface area (Å²) in [6.45, 7) is 0. The molecule has 0 saturated carbocycles. The third kappa shape index (κ3) is 1.19. The molecule has 0 bridgehead atoms. The standard InChI is InChI=1S/C16H12O/c1-2-6-12-11(5-1)9-10-14-13-7-3-4-8-15(13)17-16(12)14/h1-8H,9-10H2. The third-order valence-electron chi connectivity index (χ3n) is 3.60. The Morgan fingerprint density at radius 1 is 0.824 bits per heavy atom. The second-order valence-corrected chi connectivity index (χ2v) is 4.56. The maximum absolute atomic E-state index is 6.02. The summed E-state index contributed by atoms with van der Waals surface area (Å²) in [5, 5.41) is 1.28. The average molecular weight is 220 g/mol. The van der Waals surface area contributed by atoms with Gasteiger partial charge in [0, 0.05) is 16.5 Å². The molecule has 2 aromatic carbocycles. The highest BCUT2D eigenvalue weighted by atomic mass is 16.3. The minimum atomic E-state index is 1.01. The van der Waals surface area contributed by atoms with Crippen LogP contribution in [0.4, 0.5) is 0 Å². The van der Waals surface area contributed by atoms with Crippen LogP contribution in [0.25, 0.3) is 22.3 Å². The van der Waals surface area contributed by atoms with Crippen LogP contribution in [0, 0.1) is 0 Å². The highest BCUT2D eigenvalue weighted by Crippen LogP contribution is 2.39. The van der Waals surface area contributed by atoms with Crippen LogP contribution in [0.3, 0.4) is 0 Å². The smallest absolute Gasteiger partial charge is 0.138 e. The summed E-state index contributed by atoms with van der Waals surface area (Å²) in [6.07, 6.45) is 2.20. The van der Waals surface area contributed by atoms with Crippen molar-refractivity contribution in [3.63, 3.8) is 0 Å². The van der Waals surface area contributed by atoms with Gasteiger partial charge in [0.1, 0.15) is 11.3 Å². The van der Waals surface area contributed by atoms with E-state index in [1.807, 2.05) is 6.07 Å². The van der Waals surface area contributed by atoms with Gasteiger partial charge in [0.25, 0.3) is 0 Å². The van der Waals surface area contributed by atoms with Crippen LogP contribution in [0.2, 0.25) is 0 Å². The van der Waals surface area contributed by atoms with Crippen molar-refractivity contribution in [2.45, 2.75) is 12.8 Å². The lowest BCUT2D eigenvalue weighted by Gasteiger charge is -2.14. The predicted molar refractivity (Wildman–Crippen MR) is 69.1 cm³/mol. The molecule has 0 radical (unpaired) electrons. The van der Waals surface area contributed by atoms with Crippen molar-refractivity contribution in [3.05, 3.63) is 59.7 Å². The Bertz CT molecular complexity index is 706. The molecule has 0 N–H and O–H groups in total. The molecule has 4 rings (SSSR count). The molecule has 17 heavy (non-hydrogen) atoms. The van der Waals surface area contributed by atoms with Crippen LogP contribution < -0.4 is 0 Å².